The molecule has 19 heavy (non-hydrogen) atoms. The van der Waals surface area contributed by atoms with Crippen LogP contribution in [0.3, 0.4) is 0 Å². The molecular weight excluding hydrogens is 238 g/mol. The summed E-state index contributed by atoms with van der Waals surface area (Å²) in [6.45, 7) is 2.31. The summed E-state index contributed by atoms with van der Waals surface area (Å²) in [6, 6.07) is 0.518. The smallest absolute Gasteiger partial charge is 0.230 e. The van der Waals surface area contributed by atoms with Gasteiger partial charge in [0, 0.05) is 25.7 Å². The number of likely N-dealkylation sites (tertiary alicyclic amines) is 1. The van der Waals surface area contributed by atoms with E-state index in [1.807, 2.05) is 0 Å². The third kappa shape index (κ3) is 3.11. The van der Waals surface area contributed by atoms with Gasteiger partial charge >= 0.3 is 0 Å². The van der Waals surface area contributed by atoms with Crippen LogP contribution >= 0.6 is 0 Å². The zero-order chi connectivity index (χ0) is 13.9. The normalized spacial score (nSPS) is 27.6. The van der Waals surface area contributed by atoms with E-state index in [9.17, 15) is 4.79 Å². The minimum Gasteiger partial charge on any atom is -0.341 e. The summed E-state index contributed by atoms with van der Waals surface area (Å²) in [6.07, 6.45) is 7.92. The van der Waals surface area contributed by atoms with E-state index in [4.69, 9.17) is 5.73 Å². The molecule has 0 aromatic carbocycles. The summed E-state index contributed by atoms with van der Waals surface area (Å²) in [7, 11) is 4.20. The summed E-state index contributed by atoms with van der Waals surface area (Å²) >= 11 is 0. The molecule has 1 unspecified atom stereocenters. The van der Waals surface area contributed by atoms with Crippen molar-refractivity contribution >= 4 is 5.91 Å². The van der Waals surface area contributed by atoms with Gasteiger partial charge in [-0.25, -0.2) is 0 Å². The van der Waals surface area contributed by atoms with Crippen LogP contribution in [-0.4, -0.2) is 55.5 Å². The summed E-state index contributed by atoms with van der Waals surface area (Å²) in [5, 5.41) is 0. The van der Waals surface area contributed by atoms with Crippen molar-refractivity contribution in [3.8, 4) is 0 Å². The summed E-state index contributed by atoms with van der Waals surface area (Å²) in [4.78, 5) is 17.2. The topological polar surface area (TPSA) is 49.6 Å². The first-order chi connectivity index (χ1) is 9.09. The Kier molecular flexibility index (Phi) is 4.85. The molecule has 4 nitrogen and oxygen atoms in total. The third-order valence-corrected chi connectivity index (χ3v) is 5.09. The van der Waals surface area contributed by atoms with E-state index in [1.54, 1.807) is 0 Å². The Hall–Kier alpha value is -0.610. The molecule has 2 rings (SSSR count). The van der Waals surface area contributed by atoms with Gasteiger partial charge in [0.2, 0.25) is 5.91 Å². The Bertz CT molecular complexity index is 309. The highest BCUT2D eigenvalue weighted by Crippen LogP contribution is 2.36. The van der Waals surface area contributed by atoms with Gasteiger partial charge in [0.15, 0.2) is 0 Å². The highest BCUT2D eigenvalue weighted by molar-refractivity contribution is 5.83. The summed E-state index contributed by atoms with van der Waals surface area (Å²) in [5.41, 5.74) is 5.76. The average molecular weight is 267 g/mol. The van der Waals surface area contributed by atoms with Crippen LogP contribution < -0.4 is 5.73 Å². The lowest BCUT2D eigenvalue weighted by atomic mass is 9.79. The first-order valence-corrected chi connectivity index (χ1v) is 7.75. The molecular formula is C15H29N3O. The van der Waals surface area contributed by atoms with Gasteiger partial charge in [0.1, 0.15) is 0 Å². The van der Waals surface area contributed by atoms with E-state index in [-0.39, 0.29) is 5.41 Å². The van der Waals surface area contributed by atoms with Gasteiger partial charge in [0.05, 0.1) is 5.41 Å². The SMILES string of the molecule is CN(C)C1CCN(C(=O)C2(CN)CCCCCC2)C1. The van der Waals surface area contributed by atoms with Crippen molar-refractivity contribution in [2.75, 3.05) is 33.7 Å². The van der Waals surface area contributed by atoms with E-state index >= 15 is 0 Å². The lowest BCUT2D eigenvalue weighted by Gasteiger charge is -2.34. The molecule has 1 aliphatic heterocycles. The Morgan fingerprint density at radius 1 is 1.26 bits per heavy atom. The summed E-state index contributed by atoms with van der Waals surface area (Å²) in [5.74, 6) is 0.334. The number of nitrogens with two attached hydrogens (primary N) is 1. The fourth-order valence-electron chi connectivity index (χ4n) is 3.59. The fraction of sp³-hybridized carbons (Fsp3) is 0.933. The van der Waals surface area contributed by atoms with Crippen molar-refractivity contribution in [1.29, 1.82) is 0 Å². The van der Waals surface area contributed by atoms with Crippen LogP contribution in [0.15, 0.2) is 0 Å². The Morgan fingerprint density at radius 3 is 2.37 bits per heavy atom. The fourth-order valence-corrected chi connectivity index (χ4v) is 3.59. The molecule has 0 radical (unpaired) electrons. The molecule has 1 aliphatic carbocycles. The van der Waals surface area contributed by atoms with Gasteiger partial charge in [-0.15, -0.1) is 0 Å². The number of hydrogen-bond acceptors (Lipinski definition) is 3. The molecule has 4 heteroatoms. The predicted octanol–water partition coefficient (Wildman–Crippen LogP) is 1.45. The number of hydrogen-bond donors (Lipinski definition) is 1. The number of amides is 1. The van der Waals surface area contributed by atoms with Gasteiger partial charge in [-0.1, -0.05) is 25.7 Å². The predicted molar refractivity (Wildman–Crippen MR) is 77.9 cm³/mol. The molecule has 2 aliphatic rings. The Labute approximate surface area is 117 Å². The number of carbonyl (C=O) groups is 1. The number of nitrogens with zero attached hydrogens (tertiary/aromatic N) is 2. The second kappa shape index (κ2) is 6.23. The van der Waals surface area contributed by atoms with Gasteiger partial charge < -0.3 is 15.5 Å². The van der Waals surface area contributed by atoms with Gasteiger partial charge in [-0.3, -0.25) is 4.79 Å². The van der Waals surface area contributed by atoms with Crippen LogP contribution in [0.5, 0.6) is 0 Å². The molecule has 0 spiro atoms. The van der Waals surface area contributed by atoms with Crippen LogP contribution in [-0.2, 0) is 4.79 Å². The number of rotatable bonds is 3. The van der Waals surface area contributed by atoms with E-state index in [0.29, 0.717) is 18.5 Å². The Balaban J connectivity index is 2.04. The molecule has 2 fully saturated rings. The van der Waals surface area contributed by atoms with Crippen molar-refractivity contribution in [2.45, 2.75) is 51.0 Å². The van der Waals surface area contributed by atoms with Crippen molar-refractivity contribution in [3.63, 3.8) is 0 Å². The van der Waals surface area contributed by atoms with Crippen LogP contribution in [0.1, 0.15) is 44.9 Å². The Morgan fingerprint density at radius 2 is 1.89 bits per heavy atom. The second-order valence-electron chi connectivity index (χ2n) is 6.56. The first-order valence-electron chi connectivity index (χ1n) is 7.75. The zero-order valence-electron chi connectivity index (χ0n) is 12.5. The summed E-state index contributed by atoms with van der Waals surface area (Å²) < 4.78 is 0. The maximum atomic E-state index is 12.9. The first kappa shape index (κ1) is 14.8. The van der Waals surface area contributed by atoms with Crippen molar-refractivity contribution in [1.82, 2.24) is 9.80 Å². The third-order valence-electron chi connectivity index (χ3n) is 5.09. The molecule has 0 aromatic heterocycles. The molecule has 1 heterocycles. The molecule has 2 N–H and O–H groups in total. The maximum absolute atomic E-state index is 12.9. The number of likely N-dealkylation sites (N-methyl/N-ethyl adjacent to an activating group) is 1. The number of carbonyl (C=O) groups excluding carboxylic acids is 1. The lowest BCUT2D eigenvalue weighted by molar-refractivity contribution is -0.141. The van der Waals surface area contributed by atoms with Crippen molar-refractivity contribution < 1.29 is 4.79 Å². The second-order valence-corrected chi connectivity index (χ2v) is 6.56. The van der Waals surface area contributed by atoms with Crippen molar-refractivity contribution in [3.05, 3.63) is 0 Å². The molecule has 1 atom stereocenters. The largest absolute Gasteiger partial charge is 0.341 e. The minimum absolute atomic E-state index is 0.252. The zero-order valence-corrected chi connectivity index (χ0v) is 12.5. The van der Waals surface area contributed by atoms with Crippen molar-refractivity contribution in [2.24, 2.45) is 11.1 Å². The monoisotopic (exact) mass is 267 g/mol. The van der Waals surface area contributed by atoms with Crippen LogP contribution in [0.25, 0.3) is 0 Å². The van der Waals surface area contributed by atoms with Gasteiger partial charge in [-0.05, 0) is 33.4 Å². The maximum Gasteiger partial charge on any atom is 0.230 e. The standard InChI is InChI=1S/C15H29N3O/c1-17(2)13-7-10-18(11-13)14(19)15(12-16)8-5-3-4-6-9-15/h13H,3-12,16H2,1-2H3. The molecule has 1 saturated heterocycles. The van der Waals surface area contributed by atoms with Crippen LogP contribution in [0.2, 0.25) is 0 Å². The highest BCUT2D eigenvalue weighted by atomic mass is 16.2. The van der Waals surface area contributed by atoms with Gasteiger partial charge in [-0.2, -0.15) is 0 Å². The molecule has 110 valence electrons. The highest BCUT2D eigenvalue weighted by Gasteiger charge is 2.42. The van der Waals surface area contributed by atoms with Gasteiger partial charge in [0.25, 0.3) is 0 Å². The molecule has 0 bridgehead atoms. The molecule has 1 saturated carbocycles. The minimum atomic E-state index is -0.252. The van der Waals surface area contributed by atoms with E-state index in [1.165, 1.54) is 12.8 Å². The lowest BCUT2D eigenvalue weighted by Crippen LogP contribution is -2.48. The van der Waals surface area contributed by atoms with E-state index in [2.05, 4.69) is 23.9 Å². The quantitative estimate of drug-likeness (QED) is 0.787. The van der Waals surface area contributed by atoms with Crippen LogP contribution in [0, 0.1) is 5.41 Å². The molecule has 1 amide bonds. The van der Waals surface area contributed by atoms with E-state index < -0.39 is 0 Å². The average Bonchev–Trinajstić information content (AvgIpc) is 2.77. The van der Waals surface area contributed by atoms with Crippen LogP contribution in [0.4, 0.5) is 0 Å². The van der Waals surface area contributed by atoms with E-state index in [0.717, 1.165) is 45.2 Å². The molecule has 0 aromatic rings.